The summed E-state index contributed by atoms with van der Waals surface area (Å²) in [4.78, 5) is 14.9. The summed E-state index contributed by atoms with van der Waals surface area (Å²) in [6, 6.07) is 1.14. The zero-order chi connectivity index (χ0) is 16.2. The van der Waals surface area contributed by atoms with Crippen LogP contribution in [0.3, 0.4) is 0 Å². The maximum absolute atomic E-state index is 12.6. The second kappa shape index (κ2) is 11.0. The number of hydrogen-bond donors (Lipinski definition) is 2. The van der Waals surface area contributed by atoms with Crippen LogP contribution in [0.2, 0.25) is 0 Å². The van der Waals surface area contributed by atoms with E-state index in [1.54, 1.807) is 0 Å². The van der Waals surface area contributed by atoms with Crippen LogP contribution in [-0.2, 0) is 4.79 Å². The van der Waals surface area contributed by atoms with Crippen molar-refractivity contribution in [3.05, 3.63) is 0 Å². The van der Waals surface area contributed by atoms with Gasteiger partial charge in [0, 0.05) is 18.6 Å². The molecule has 2 N–H and O–H groups in total. The van der Waals surface area contributed by atoms with E-state index < -0.39 is 0 Å². The normalized spacial score (nSPS) is 30.8. The predicted octanol–water partition coefficient (Wildman–Crippen LogP) is 3.38. The molecule has 1 amide bonds. The van der Waals surface area contributed by atoms with Gasteiger partial charge in [-0.2, -0.15) is 0 Å². The molecule has 3 fully saturated rings. The molecule has 0 aromatic heterocycles. The first-order valence-corrected chi connectivity index (χ1v) is 9.85. The smallest absolute Gasteiger partial charge is 0.237 e. The molecule has 3 aliphatic rings. The average Bonchev–Trinajstić information content (AvgIpc) is 2.99. The maximum Gasteiger partial charge on any atom is 0.237 e. The number of rotatable bonds is 5. The summed E-state index contributed by atoms with van der Waals surface area (Å²) in [7, 11) is 4.32. The topological polar surface area (TPSA) is 44.4 Å². The summed E-state index contributed by atoms with van der Waals surface area (Å²) in [6.07, 6.45) is 13.0. The summed E-state index contributed by atoms with van der Waals surface area (Å²) in [5.41, 5.74) is 0. The van der Waals surface area contributed by atoms with E-state index in [4.69, 9.17) is 0 Å². The molecule has 2 saturated carbocycles. The third-order valence-corrected chi connectivity index (χ3v) is 6.52. The van der Waals surface area contributed by atoms with Gasteiger partial charge in [0.2, 0.25) is 5.91 Å². The van der Waals surface area contributed by atoms with Crippen molar-refractivity contribution in [1.82, 2.24) is 15.5 Å². The van der Waals surface area contributed by atoms with Crippen LogP contribution < -0.4 is 10.6 Å². The minimum Gasteiger partial charge on any atom is -0.353 e. The second-order valence-electron chi connectivity index (χ2n) is 8.28. The molecular formula is C19H37Cl2N3O. The van der Waals surface area contributed by atoms with Crippen LogP contribution >= 0.6 is 24.8 Å². The standard InChI is InChI=1S/C19H35N3O.2ClH/c1-22(2)18(14-8-4-3-5-9-14)13-20-19(23)17-12-15-10-6-7-11-16(15)21-17;;/h14-18,21H,3-13H2,1-2H3,(H,20,23);2*1H. The number of carbonyl (C=O) groups is 1. The van der Waals surface area contributed by atoms with Crippen LogP contribution in [0.25, 0.3) is 0 Å². The van der Waals surface area contributed by atoms with Crippen molar-refractivity contribution in [2.45, 2.75) is 82.3 Å². The fourth-order valence-electron chi connectivity index (χ4n) is 5.14. The highest BCUT2D eigenvalue weighted by Crippen LogP contribution is 2.33. The number of halogens is 2. The van der Waals surface area contributed by atoms with E-state index in [9.17, 15) is 4.79 Å². The average molecular weight is 394 g/mol. The number of likely N-dealkylation sites (N-methyl/N-ethyl adjacent to an activating group) is 1. The Morgan fingerprint density at radius 2 is 1.68 bits per heavy atom. The Morgan fingerprint density at radius 3 is 2.32 bits per heavy atom. The van der Waals surface area contributed by atoms with Gasteiger partial charge in [-0.05, 0) is 58.0 Å². The van der Waals surface area contributed by atoms with Crippen molar-refractivity contribution in [2.75, 3.05) is 20.6 Å². The maximum atomic E-state index is 12.6. The number of carbonyl (C=O) groups excluding carboxylic acids is 1. The van der Waals surface area contributed by atoms with Crippen LogP contribution in [0.1, 0.15) is 64.2 Å². The highest BCUT2D eigenvalue weighted by molar-refractivity contribution is 5.85. The molecule has 0 radical (unpaired) electrons. The van der Waals surface area contributed by atoms with Crippen molar-refractivity contribution < 1.29 is 4.79 Å². The van der Waals surface area contributed by atoms with Gasteiger partial charge in [-0.15, -0.1) is 24.8 Å². The van der Waals surface area contributed by atoms with Crippen molar-refractivity contribution in [3.63, 3.8) is 0 Å². The zero-order valence-electron chi connectivity index (χ0n) is 15.8. The summed E-state index contributed by atoms with van der Waals surface area (Å²) in [6.45, 7) is 0.810. The highest BCUT2D eigenvalue weighted by Gasteiger charge is 2.38. The Bertz CT molecular complexity index is 388. The lowest BCUT2D eigenvalue weighted by molar-refractivity contribution is -0.123. The first-order chi connectivity index (χ1) is 11.1. The molecule has 1 aliphatic heterocycles. The lowest BCUT2D eigenvalue weighted by atomic mass is 9.83. The second-order valence-corrected chi connectivity index (χ2v) is 8.28. The molecular weight excluding hydrogens is 357 g/mol. The molecule has 3 rings (SSSR count). The minimum absolute atomic E-state index is 0. The van der Waals surface area contributed by atoms with Crippen LogP contribution in [-0.4, -0.2) is 49.6 Å². The van der Waals surface area contributed by atoms with Gasteiger partial charge in [-0.25, -0.2) is 0 Å². The van der Waals surface area contributed by atoms with E-state index in [2.05, 4.69) is 29.6 Å². The lowest BCUT2D eigenvalue weighted by Crippen LogP contribution is -2.49. The van der Waals surface area contributed by atoms with Crippen LogP contribution in [0.4, 0.5) is 0 Å². The number of amides is 1. The summed E-state index contributed by atoms with van der Waals surface area (Å²) in [5.74, 6) is 1.72. The summed E-state index contributed by atoms with van der Waals surface area (Å²) < 4.78 is 0. The molecule has 4 atom stereocenters. The third-order valence-electron chi connectivity index (χ3n) is 6.52. The molecule has 25 heavy (non-hydrogen) atoms. The van der Waals surface area contributed by atoms with E-state index in [0.29, 0.717) is 12.1 Å². The number of nitrogens with zero attached hydrogens (tertiary/aromatic N) is 1. The van der Waals surface area contributed by atoms with Crippen LogP contribution in [0, 0.1) is 11.8 Å². The minimum atomic E-state index is 0. The number of hydrogen-bond acceptors (Lipinski definition) is 3. The van der Waals surface area contributed by atoms with E-state index >= 15 is 0 Å². The van der Waals surface area contributed by atoms with Crippen molar-refractivity contribution in [2.24, 2.45) is 11.8 Å². The lowest BCUT2D eigenvalue weighted by Gasteiger charge is -2.35. The summed E-state index contributed by atoms with van der Waals surface area (Å²) in [5, 5.41) is 6.87. The van der Waals surface area contributed by atoms with E-state index in [1.807, 2.05) is 0 Å². The Kier molecular flexibility index (Phi) is 10.1. The fourth-order valence-corrected chi connectivity index (χ4v) is 5.14. The number of fused-ring (bicyclic) bond motifs is 1. The van der Waals surface area contributed by atoms with Gasteiger partial charge in [-0.3, -0.25) is 4.79 Å². The molecule has 0 spiro atoms. The molecule has 148 valence electrons. The van der Waals surface area contributed by atoms with Gasteiger partial charge in [0.1, 0.15) is 0 Å². The Morgan fingerprint density at radius 1 is 1.04 bits per heavy atom. The van der Waals surface area contributed by atoms with Gasteiger partial charge >= 0.3 is 0 Å². The third kappa shape index (κ3) is 5.98. The largest absolute Gasteiger partial charge is 0.353 e. The molecule has 2 aliphatic carbocycles. The summed E-state index contributed by atoms with van der Waals surface area (Å²) >= 11 is 0. The fraction of sp³-hybridized carbons (Fsp3) is 0.947. The molecule has 0 bridgehead atoms. The van der Waals surface area contributed by atoms with Gasteiger partial charge < -0.3 is 15.5 Å². The molecule has 4 nitrogen and oxygen atoms in total. The first-order valence-electron chi connectivity index (χ1n) is 9.85. The van der Waals surface area contributed by atoms with E-state index in [0.717, 1.165) is 24.8 Å². The van der Waals surface area contributed by atoms with Gasteiger partial charge in [0.25, 0.3) is 0 Å². The Balaban J connectivity index is 0.00000156. The van der Waals surface area contributed by atoms with Crippen LogP contribution in [0.15, 0.2) is 0 Å². The van der Waals surface area contributed by atoms with E-state index in [-0.39, 0.29) is 36.8 Å². The molecule has 0 aromatic carbocycles. The molecule has 6 heteroatoms. The van der Waals surface area contributed by atoms with E-state index in [1.165, 1.54) is 57.8 Å². The monoisotopic (exact) mass is 393 g/mol. The zero-order valence-corrected chi connectivity index (χ0v) is 17.5. The molecule has 4 unspecified atom stereocenters. The number of nitrogens with one attached hydrogen (secondary N) is 2. The molecule has 0 aromatic rings. The van der Waals surface area contributed by atoms with Gasteiger partial charge in [0.15, 0.2) is 0 Å². The highest BCUT2D eigenvalue weighted by atomic mass is 35.5. The van der Waals surface area contributed by atoms with Crippen LogP contribution in [0.5, 0.6) is 0 Å². The molecule has 1 saturated heterocycles. The van der Waals surface area contributed by atoms with Gasteiger partial charge in [-0.1, -0.05) is 32.1 Å². The quantitative estimate of drug-likeness (QED) is 0.752. The van der Waals surface area contributed by atoms with Gasteiger partial charge in [0.05, 0.1) is 6.04 Å². The van der Waals surface area contributed by atoms with Crippen molar-refractivity contribution in [1.29, 1.82) is 0 Å². The van der Waals surface area contributed by atoms with Crippen molar-refractivity contribution >= 4 is 30.7 Å². The molecule has 1 heterocycles. The Labute approximate surface area is 166 Å². The van der Waals surface area contributed by atoms with Crippen molar-refractivity contribution in [3.8, 4) is 0 Å². The first kappa shape index (κ1) is 23.0. The SMILES string of the molecule is CN(C)C(CNC(=O)C1CC2CCCCC2N1)C1CCCCC1.Cl.Cl. The predicted molar refractivity (Wildman–Crippen MR) is 109 cm³/mol. The Hall–Kier alpha value is -0.0300.